The first-order valence-corrected chi connectivity index (χ1v) is 9.07. The van der Waals surface area contributed by atoms with Crippen LogP contribution < -0.4 is 25.8 Å². The molecular formula is C19H19ClN6O4. The largest absolute Gasteiger partial charge is 0.497 e. The number of nitrogens with one attached hydrogen (secondary N) is 2. The molecule has 0 radical (unpaired) electrons. The summed E-state index contributed by atoms with van der Waals surface area (Å²) in [7, 11) is 2.99. The summed E-state index contributed by atoms with van der Waals surface area (Å²) in [5.74, 6) is -0.0673. The third-order valence-corrected chi connectivity index (χ3v) is 4.32. The average molecular weight is 431 g/mol. The topological polar surface area (TPSA) is 133 Å². The Balaban J connectivity index is 1.69. The molecule has 0 saturated heterocycles. The molecule has 0 bridgehead atoms. The highest BCUT2D eigenvalue weighted by Gasteiger charge is 2.20. The number of ether oxygens (including phenoxy) is 2. The second-order valence-electron chi connectivity index (χ2n) is 6.06. The van der Waals surface area contributed by atoms with Crippen molar-refractivity contribution < 1.29 is 19.1 Å². The van der Waals surface area contributed by atoms with Crippen LogP contribution in [0.25, 0.3) is 0 Å². The van der Waals surface area contributed by atoms with E-state index >= 15 is 0 Å². The quantitative estimate of drug-likeness (QED) is 0.524. The number of amides is 2. The lowest BCUT2D eigenvalue weighted by Gasteiger charge is -2.11. The van der Waals surface area contributed by atoms with E-state index in [0.717, 1.165) is 4.68 Å². The van der Waals surface area contributed by atoms with Gasteiger partial charge in [0.15, 0.2) is 11.5 Å². The van der Waals surface area contributed by atoms with E-state index in [1.165, 1.54) is 14.2 Å². The molecule has 156 valence electrons. The molecule has 0 fully saturated rings. The number of carbonyl (C=O) groups is 2. The molecule has 2 aromatic carbocycles. The van der Waals surface area contributed by atoms with Gasteiger partial charge in [0.05, 0.1) is 19.9 Å². The van der Waals surface area contributed by atoms with Crippen molar-refractivity contribution in [3.05, 3.63) is 53.2 Å². The van der Waals surface area contributed by atoms with Gasteiger partial charge in [-0.1, -0.05) is 16.8 Å². The Kier molecular flexibility index (Phi) is 6.38. The summed E-state index contributed by atoms with van der Waals surface area (Å²) < 4.78 is 11.5. The molecule has 30 heavy (non-hydrogen) atoms. The molecule has 3 aromatic rings. The second-order valence-corrected chi connectivity index (χ2v) is 6.49. The predicted molar refractivity (Wildman–Crippen MR) is 112 cm³/mol. The molecule has 1 aromatic heterocycles. The summed E-state index contributed by atoms with van der Waals surface area (Å²) in [5.41, 5.74) is 6.81. The van der Waals surface area contributed by atoms with Gasteiger partial charge in [-0.15, -0.1) is 5.10 Å². The number of halogens is 1. The monoisotopic (exact) mass is 430 g/mol. The highest BCUT2D eigenvalue weighted by atomic mass is 35.5. The van der Waals surface area contributed by atoms with Crippen LogP contribution in [0.3, 0.4) is 0 Å². The summed E-state index contributed by atoms with van der Waals surface area (Å²) in [5, 5.41) is 13.5. The number of hydrogen-bond donors (Lipinski definition) is 3. The minimum Gasteiger partial charge on any atom is -0.497 e. The number of nitrogens with zero attached hydrogens (tertiary/aromatic N) is 3. The summed E-state index contributed by atoms with van der Waals surface area (Å²) in [6.45, 7) is -0.222. The number of aromatic nitrogens is 3. The van der Waals surface area contributed by atoms with E-state index in [1.54, 1.807) is 42.5 Å². The Hall–Kier alpha value is -3.79. The normalized spacial score (nSPS) is 10.4. The van der Waals surface area contributed by atoms with Gasteiger partial charge < -0.3 is 25.8 Å². The molecule has 0 aliphatic carbocycles. The third kappa shape index (κ3) is 4.78. The lowest BCUT2D eigenvalue weighted by Crippen LogP contribution is -2.21. The number of nitrogens with two attached hydrogens (primary N) is 1. The number of rotatable bonds is 7. The number of hydrogen-bond acceptors (Lipinski definition) is 7. The van der Waals surface area contributed by atoms with Gasteiger partial charge >= 0.3 is 0 Å². The van der Waals surface area contributed by atoms with Crippen molar-refractivity contribution in [3.8, 4) is 11.5 Å². The second kappa shape index (κ2) is 9.14. The van der Waals surface area contributed by atoms with Gasteiger partial charge in [-0.3, -0.25) is 9.59 Å². The van der Waals surface area contributed by atoms with Crippen molar-refractivity contribution in [2.24, 2.45) is 0 Å². The highest BCUT2D eigenvalue weighted by Crippen LogP contribution is 2.29. The molecule has 11 heteroatoms. The first-order chi connectivity index (χ1) is 14.4. The first-order valence-electron chi connectivity index (χ1n) is 8.69. The highest BCUT2D eigenvalue weighted by molar-refractivity contribution is 6.30. The summed E-state index contributed by atoms with van der Waals surface area (Å²) in [6.07, 6.45) is 0. The van der Waals surface area contributed by atoms with Gasteiger partial charge in [0.25, 0.3) is 5.91 Å². The van der Waals surface area contributed by atoms with Crippen LogP contribution in [0.2, 0.25) is 5.02 Å². The van der Waals surface area contributed by atoms with Gasteiger partial charge in [0, 0.05) is 16.8 Å². The lowest BCUT2D eigenvalue weighted by molar-refractivity contribution is -0.116. The minimum absolute atomic E-state index is 0.0498. The van der Waals surface area contributed by atoms with Crippen molar-refractivity contribution in [3.63, 3.8) is 0 Å². The Morgan fingerprint density at radius 3 is 2.50 bits per heavy atom. The van der Waals surface area contributed by atoms with Crippen LogP contribution in [0.15, 0.2) is 42.5 Å². The molecule has 10 nitrogen and oxygen atoms in total. The lowest BCUT2D eigenvalue weighted by atomic mass is 10.2. The van der Waals surface area contributed by atoms with Crippen molar-refractivity contribution in [1.29, 1.82) is 0 Å². The SMILES string of the molecule is COc1ccc(NC(=O)c2nnn(CC(=O)Nc3ccc(Cl)cc3)c2N)c(OC)c1. The molecule has 0 spiro atoms. The zero-order valence-electron chi connectivity index (χ0n) is 16.2. The summed E-state index contributed by atoms with van der Waals surface area (Å²) in [6, 6.07) is 11.5. The number of nitrogen functional groups attached to an aromatic ring is 1. The van der Waals surface area contributed by atoms with Crippen LogP contribution in [0, 0.1) is 0 Å². The van der Waals surface area contributed by atoms with E-state index < -0.39 is 11.8 Å². The molecule has 4 N–H and O–H groups in total. The number of benzene rings is 2. The van der Waals surface area contributed by atoms with Crippen molar-refractivity contribution >= 4 is 40.6 Å². The van der Waals surface area contributed by atoms with Crippen LogP contribution in [0.1, 0.15) is 10.5 Å². The summed E-state index contributed by atoms with van der Waals surface area (Å²) in [4.78, 5) is 24.8. The molecule has 0 saturated carbocycles. The molecule has 0 unspecified atom stereocenters. The van der Waals surface area contributed by atoms with Gasteiger partial charge in [-0.25, -0.2) is 4.68 Å². The fraction of sp³-hybridized carbons (Fsp3) is 0.158. The maximum Gasteiger partial charge on any atom is 0.280 e. The van der Waals surface area contributed by atoms with E-state index in [0.29, 0.717) is 27.9 Å². The third-order valence-electron chi connectivity index (χ3n) is 4.07. The molecular weight excluding hydrogens is 412 g/mol. The van der Waals surface area contributed by atoms with Crippen LogP contribution in [0.4, 0.5) is 17.2 Å². The standard InChI is InChI=1S/C19H19ClN6O4/c1-29-13-7-8-14(15(9-13)30-2)23-19(28)17-18(21)26(25-24-17)10-16(27)22-12-5-3-11(20)4-6-12/h3-9H,10,21H2,1-2H3,(H,22,27)(H,23,28). The fourth-order valence-electron chi connectivity index (χ4n) is 2.55. The predicted octanol–water partition coefficient (Wildman–Crippen LogP) is 2.42. The molecule has 0 aliphatic heterocycles. The Labute approximate surface area is 176 Å². The molecule has 1 heterocycles. The Bertz CT molecular complexity index is 1070. The molecule has 0 aliphatic rings. The fourth-order valence-corrected chi connectivity index (χ4v) is 2.68. The van der Waals surface area contributed by atoms with E-state index in [9.17, 15) is 9.59 Å². The maximum absolute atomic E-state index is 12.6. The van der Waals surface area contributed by atoms with Crippen LogP contribution in [-0.2, 0) is 11.3 Å². The van der Waals surface area contributed by atoms with Crippen molar-refractivity contribution in [1.82, 2.24) is 15.0 Å². The zero-order valence-corrected chi connectivity index (χ0v) is 16.9. The van der Waals surface area contributed by atoms with Crippen molar-refractivity contribution in [2.45, 2.75) is 6.54 Å². The Morgan fingerprint density at radius 1 is 1.10 bits per heavy atom. The molecule has 3 rings (SSSR count). The zero-order chi connectivity index (χ0) is 21.7. The average Bonchev–Trinajstić information content (AvgIpc) is 3.10. The number of carbonyl (C=O) groups excluding carboxylic acids is 2. The Morgan fingerprint density at radius 2 is 1.83 bits per heavy atom. The van der Waals surface area contributed by atoms with Crippen molar-refractivity contribution in [2.75, 3.05) is 30.6 Å². The van der Waals surface area contributed by atoms with Crippen LogP contribution in [0.5, 0.6) is 11.5 Å². The number of methoxy groups -OCH3 is 2. The van der Waals surface area contributed by atoms with E-state index in [1.807, 2.05) is 0 Å². The van der Waals surface area contributed by atoms with E-state index in [4.69, 9.17) is 26.8 Å². The van der Waals surface area contributed by atoms with Crippen LogP contribution in [-0.4, -0.2) is 41.0 Å². The van der Waals surface area contributed by atoms with Gasteiger partial charge in [0.2, 0.25) is 5.91 Å². The maximum atomic E-state index is 12.6. The minimum atomic E-state index is -0.597. The van der Waals surface area contributed by atoms with E-state index in [-0.39, 0.29) is 18.1 Å². The first kappa shape index (κ1) is 20.9. The van der Waals surface area contributed by atoms with Gasteiger partial charge in [-0.2, -0.15) is 0 Å². The van der Waals surface area contributed by atoms with Gasteiger partial charge in [-0.05, 0) is 36.4 Å². The molecule has 0 atom stereocenters. The molecule has 2 amide bonds. The van der Waals surface area contributed by atoms with E-state index in [2.05, 4.69) is 20.9 Å². The smallest absolute Gasteiger partial charge is 0.280 e. The number of anilines is 3. The van der Waals surface area contributed by atoms with Crippen LogP contribution >= 0.6 is 11.6 Å². The summed E-state index contributed by atoms with van der Waals surface area (Å²) >= 11 is 5.82. The van der Waals surface area contributed by atoms with Gasteiger partial charge in [0.1, 0.15) is 18.0 Å².